The van der Waals surface area contributed by atoms with Crippen molar-refractivity contribution in [2.75, 3.05) is 19.7 Å². The van der Waals surface area contributed by atoms with Crippen molar-refractivity contribution in [1.82, 2.24) is 4.90 Å². The molecule has 0 N–H and O–H groups in total. The fraction of sp³-hybridized carbons (Fsp3) is 0.862. The van der Waals surface area contributed by atoms with Crippen LogP contribution in [0.5, 0.6) is 0 Å². The van der Waals surface area contributed by atoms with Crippen molar-refractivity contribution in [1.29, 1.82) is 0 Å². The van der Waals surface area contributed by atoms with Crippen molar-refractivity contribution in [2.24, 2.45) is 34.5 Å². The maximum absolute atomic E-state index is 11.9. The van der Waals surface area contributed by atoms with E-state index in [0.29, 0.717) is 36.3 Å². The molecule has 1 saturated heterocycles. The van der Waals surface area contributed by atoms with Crippen molar-refractivity contribution in [2.45, 2.75) is 105 Å². The van der Waals surface area contributed by atoms with Crippen molar-refractivity contribution < 1.29 is 19.1 Å². The van der Waals surface area contributed by atoms with Gasteiger partial charge in [-0.2, -0.15) is 0 Å². The van der Waals surface area contributed by atoms with E-state index >= 15 is 0 Å². The van der Waals surface area contributed by atoms with Gasteiger partial charge in [0.05, 0.1) is 6.61 Å². The van der Waals surface area contributed by atoms with Gasteiger partial charge in [-0.05, 0) is 106 Å². The second kappa shape index (κ2) is 9.95. The van der Waals surface area contributed by atoms with Gasteiger partial charge in [0.25, 0.3) is 0 Å². The third kappa shape index (κ3) is 4.70. The van der Waals surface area contributed by atoms with E-state index in [1.807, 2.05) is 0 Å². The molecule has 5 heteroatoms. The molecule has 0 spiro atoms. The van der Waals surface area contributed by atoms with Crippen LogP contribution in [-0.2, 0) is 19.1 Å². The molecule has 34 heavy (non-hydrogen) atoms. The Labute approximate surface area is 207 Å². The van der Waals surface area contributed by atoms with Crippen LogP contribution in [0.15, 0.2) is 12.2 Å². The smallest absolute Gasteiger partial charge is 0.302 e. The van der Waals surface area contributed by atoms with Crippen LogP contribution in [0.3, 0.4) is 0 Å². The van der Waals surface area contributed by atoms with E-state index < -0.39 is 0 Å². The lowest BCUT2D eigenvalue weighted by atomic mass is 9.48. The molecule has 4 aliphatic rings. The zero-order valence-electron chi connectivity index (χ0n) is 22.2. The number of fused-ring (bicyclic) bond motifs is 1. The number of ether oxygens (including phenoxy) is 2. The molecule has 0 amide bonds. The third-order valence-corrected chi connectivity index (χ3v) is 10.7. The molecule has 0 radical (unpaired) electrons. The SMILES string of the molecule is C=C1CCC2[C@H](COC(C)=O)C([C@@]3(C)CC[C@H](OC(C)=O)C[C@@H]3[C@@H](C)N3CCCC3)CC[C@]12C. The molecule has 2 unspecified atom stereocenters. The number of nitrogens with zero attached hydrogens (tertiary/aromatic N) is 1. The maximum atomic E-state index is 11.9. The van der Waals surface area contributed by atoms with Gasteiger partial charge in [0.2, 0.25) is 0 Å². The number of hydrogen-bond donors (Lipinski definition) is 0. The van der Waals surface area contributed by atoms with E-state index in [9.17, 15) is 9.59 Å². The first-order valence-electron chi connectivity index (χ1n) is 13.8. The maximum Gasteiger partial charge on any atom is 0.302 e. The number of likely N-dealkylation sites (tertiary alicyclic amines) is 1. The van der Waals surface area contributed by atoms with E-state index in [0.717, 1.165) is 38.5 Å². The standard InChI is InChI=1S/C29H47NO4/c1-19-9-10-25-24(18-33-21(3)31)26(12-14-28(19,25)5)29(6)13-11-23(34-22(4)32)17-27(29)20(2)30-15-7-8-16-30/h20,23-27H,1,7-18H2,2-6H3/t20-,23+,24+,25?,26?,27-,28-,29-/m1/s1. The summed E-state index contributed by atoms with van der Waals surface area (Å²) >= 11 is 0. The van der Waals surface area contributed by atoms with Crippen molar-refractivity contribution >= 4 is 11.9 Å². The number of allylic oxidation sites excluding steroid dienone is 1. The molecular formula is C29H47NO4. The molecule has 1 aliphatic heterocycles. The second-order valence-electron chi connectivity index (χ2n) is 12.4. The lowest BCUT2D eigenvalue weighted by molar-refractivity contribution is -0.160. The average molecular weight is 474 g/mol. The monoisotopic (exact) mass is 473 g/mol. The first-order valence-corrected chi connectivity index (χ1v) is 13.8. The summed E-state index contributed by atoms with van der Waals surface area (Å²) in [5.74, 6) is 1.53. The van der Waals surface area contributed by atoms with E-state index in [1.165, 1.54) is 51.8 Å². The predicted octanol–water partition coefficient (Wildman–Crippen LogP) is 5.77. The van der Waals surface area contributed by atoms with Crippen LogP contribution in [0, 0.1) is 34.5 Å². The number of esters is 2. The van der Waals surface area contributed by atoms with E-state index in [4.69, 9.17) is 9.47 Å². The molecular weight excluding hydrogens is 426 g/mol. The summed E-state index contributed by atoms with van der Waals surface area (Å²) in [4.78, 5) is 26.4. The van der Waals surface area contributed by atoms with Crippen LogP contribution in [-0.4, -0.2) is 48.7 Å². The molecule has 3 aliphatic carbocycles. The Morgan fingerprint density at radius 3 is 2.41 bits per heavy atom. The van der Waals surface area contributed by atoms with Gasteiger partial charge >= 0.3 is 11.9 Å². The van der Waals surface area contributed by atoms with Crippen molar-refractivity contribution in [3.05, 3.63) is 12.2 Å². The first-order chi connectivity index (χ1) is 16.1. The highest BCUT2D eigenvalue weighted by molar-refractivity contribution is 5.66. The van der Waals surface area contributed by atoms with Crippen LogP contribution < -0.4 is 0 Å². The summed E-state index contributed by atoms with van der Waals surface area (Å²) in [6, 6.07) is 0.465. The lowest BCUT2D eigenvalue weighted by Crippen LogP contribution is -2.56. The molecule has 4 rings (SSSR count). The molecule has 5 nitrogen and oxygen atoms in total. The highest BCUT2D eigenvalue weighted by Crippen LogP contribution is 2.64. The number of rotatable bonds is 6. The minimum absolute atomic E-state index is 0.0210. The Bertz CT molecular complexity index is 789. The molecule has 1 heterocycles. The van der Waals surface area contributed by atoms with Gasteiger partial charge < -0.3 is 14.4 Å². The Hall–Kier alpha value is -1.36. The fourth-order valence-electron chi connectivity index (χ4n) is 8.74. The fourth-order valence-corrected chi connectivity index (χ4v) is 8.74. The largest absolute Gasteiger partial charge is 0.466 e. The van der Waals surface area contributed by atoms with Crippen LogP contribution in [0.2, 0.25) is 0 Å². The van der Waals surface area contributed by atoms with E-state index in [2.05, 4.69) is 32.3 Å². The summed E-state index contributed by atoms with van der Waals surface area (Å²) in [5, 5.41) is 0. The van der Waals surface area contributed by atoms with Gasteiger partial charge in [-0.3, -0.25) is 9.59 Å². The predicted molar refractivity (Wildman–Crippen MR) is 134 cm³/mol. The van der Waals surface area contributed by atoms with E-state index in [1.54, 1.807) is 0 Å². The van der Waals surface area contributed by atoms with Crippen LogP contribution in [0.1, 0.15) is 92.4 Å². The highest BCUT2D eigenvalue weighted by atomic mass is 16.5. The molecule has 3 saturated carbocycles. The van der Waals surface area contributed by atoms with Crippen molar-refractivity contribution in [3.8, 4) is 0 Å². The number of hydrogen-bond acceptors (Lipinski definition) is 5. The molecule has 192 valence electrons. The van der Waals surface area contributed by atoms with Crippen LogP contribution in [0.25, 0.3) is 0 Å². The van der Waals surface area contributed by atoms with Crippen molar-refractivity contribution in [3.63, 3.8) is 0 Å². The van der Waals surface area contributed by atoms with Gasteiger partial charge in [0, 0.05) is 25.8 Å². The summed E-state index contributed by atoms with van der Waals surface area (Å²) in [6.07, 6.45) is 10.1. The van der Waals surface area contributed by atoms with Crippen LogP contribution >= 0.6 is 0 Å². The van der Waals surface area contributed by atoms with E-state index in [-0.39, 0.29) is 28.9 Å². The first kappa shape index (κ1) is 25.7. The summed E-state index contributed by atoms with van der Waals surface area (Å²) in [7, 11) is 0. The lowest BCUT2D eigenvalue weighted by Gasteiger charge is -2.58. The van der Waals surface area contributed by atoms with Gasteiger partial charge in [-0.15, -0.1) is 0 Å². The molecule has 0 bridgehead atoms. The zero-order chi connectivity index (χ0) is 24.7. The quantitative estimate of drug-likeness (QED) is 0.362. The Morgan fingerprint density at radius 1 is 1.06 bits per heavy atom. The van der Waals surface area contributed by atoms with Gasteiger partial charge in [-0.1, -0.05) is 26.0 Å². The average Bonchev–Trinajstić information content (AvgIpc) is 3.41. The molecule has 0 aromatic rings. The highest BCUT2D eigenvalue weighted by Gasteiger charge is 2.58. The molecule has 0 aromatic carbocycles. The number of carbonyl (C=O) groups excluding carboxylic acids is 2. The summed E-state index contributed by atoms with van der Waals surface area (Å²) in [6.45, 7) is 17.8. The molecule has 0 aromatic heterocycles. The summed E-state index contributed by atoms with van der Waals surface area (Å²) in [5.41, 5.74) is 1.70. The van der Waals surface area contributed by atoms with Gasteiger partial charge in [0.1, 0.15) is 6.10 Å². The van der Waals surface area contributed by atoms with Gasteiger partial charge in [-0.25, -0.2) is 0 Å². The molecule has 8 atom stereocenters. The van der Waals surface area contributed by atoms with Crippen LogP contribution in [0.4, 0.5) is 0 Å². The minimum Gasteiger partial charge on any atom is -0.466 e. The topological polar surface area (TPSA) is 55.8 Å². The Morgan fingerprint density at radius 2 is 1.76 bits per heavy atom. The Kier molecular flexibility index (Phi) is 7.53. The minimum atomic E-state index is -0.173. The van der Waals surface area contributed by atoms with Gasteiger partial charge in [0.15, 0.2) is 0 Å². The second-order valence-corrected chi connectivity index (χ2v) is 12.4. The third-order valence-electron chi connectivity index (χ3n) is 10.7. The number of carbonyl (C=O) groups is 2. The summed E-state index contributed by atoms with van der Waals surface area (Å²) < 4.78 is 11.5. The zero-order valence-corrected chi connectivity index (χ0v) is 22.2. The molecule has 4 fully saturated rings. The normalized spacial score (nSPS) is 41.7. The Balaban J connectivity index is 1.66.